The van der Waals surface area contributed by atoms with Crippen LogP contribution in [0.15, 0.2) is 29.1 Å². The lowest BCUT2D eigenvalue weighted by Crippen LogP contribution is -2.26. The maximum atomic E-state index is 12.0. The van der Waals surface area contributed by atoms with Crippen molar-refractivity contribution in [1.29, 1.82) is 0 Å². The molecule has 6 nitrogen and oxygen atoms in total. The Labute approximate surface area is 135 Å². The lowest BCUT2D eigenvalue weighted by molar-refractivity contribution is -0.116. The lowest BCUT2D eigenvalue weighted by Gasteiger charge is -2.08. The van der Waals surface area contributed by atoms with Gasteiger partial charge >= 0.3 is 10.8 Å². The summed E-state index contributed by atoms with van der Waals surface area (Å²) in [4.78, 5) is 34.5. The van der Waals surface area contributed by atoms with Crippen molar-refractivity contribution >= 4 is 40.5 Å². The number of nitrogens with zero attached hydrogens (tertiary/aromatic N) is 1. The van der Waals surface area contributed by atoms with Crippen molar-refractivity contribution in [2.75, 3.05) is 5.32 Å². The van der Waals surface area contributed by atoms with Crippen molar-refractivity contribution < 1.29 is 14.7 Å². The third kappa shape index (κ3) is 3.55. The van der Waals surface area contributed by atoms with E-state index >= 15 is 0 Å². The van der Waals surface area contributed by atoms with Crippen molar-refractivity contribution in [1.82, 2.24) is 4.57 Å². The van der Waals surface area contributed by atoms with Gasteiger partial charge in [0.1, 0.15) is 11.4 Å². The molecular weight excluding hydrogens is 328 g/mol. The fraction of sp³-hybridized carbons (Fsp3) is 0.214. The van der Waals surface area contributed by atoms with E-state index in [0.717, 1.165) is 0 Å². The van der Waals surface area contributed by atoms with Gasteiger partial charge in [0.15, 0.2) is 0 Å². The summed E-state index contributed by atoms with van der Waals surface area (Å²) in [5, 5.41) is 12.2. The molecule has 0 spiro atoms. The predicted molar refractivity (Wildman–Crippen MR) is 85.0 cm³/mol. The van der Waals surface area contributed by atoms with Gasteiger partial charge in [-0.3, -0.25) is 14.2 Å². The second kappa shape index (κ2) is 6.76. The Hall–Kier alpha value is -2.12. The van der Waals surface area contributed by atoms with Crippen LogP contribution in [0.4, 0.5) is 5.69 Å². The largest absolute Gasteiger partial charge is 0.477 e. The minimum atomic E-state index is -1.16. The Bertz CT molecular complexity index is 781. The number of hydrogen-bond acceptors (Lipinski definition) is 4. The third-order valence-electron chi connectivity index (χ3n) is 2.94. The summed E-state index contributed by atoms with van der Waals surface area (Å²) in [5.74, 6) is -1.58. The van der Waals surface area contributed by atoms with Gasteiger partial charge in [-0.2, -0.15) is 0 Å². The SMILES string of the molecule is CCc1c(C(=O)O)sc(=O)n1CC(=O)Nc1cccc(Cl)c1. The zero-order valence-electron chi connectivity index (χ0n) is 11.6. The number of hydrogen-bond donors (Lipinski definition) is 2. The number of carbonyl (C=O) groups excluding carboxylic acids is 1. The lowest BCUT2D eigenvalue weighted by atomic mass is 10.3. The van der Waals surface area contributed by atoms with Gasteiger partial charge in [0.25, 0.3) is 0 Å². The highest BCUT2D eigenvalue weighted by atomic mass is 35.5. The molecule has 116 valence electrons. The summed E-state index contributed by atoms with van der Waals surface area (Å²) in [7, 11) is 0. The minimum absolute atomic E-state index is 0.0249. The molecule has 0 aliphatic rings. The molecule has 1 aromatic heterocycles. The summed E-state index contributed by atoms with van der Waals surface area (Å²) >= 11 is 6.46. The van der Waals surface area contributed by atoms with Gasteiger partial charge in [0, 0.05) is 16.4 Å². The minimum Gasteiger partial charge on any atom is -0.477 e. The Morgan fingerprint density at radius 1 is 1.41 bits per heavy atom. The standard InChI is InChI=1S/C14H13ClN2O4S/c1-2-10-12(13(19)20)22-14(21)17(10)7-11(18)16-9-5-3-4-8(15)6-9/h3-6H,2,7H2,1H3,(H,16,18)(H,19,20). The first-order valence-corrected chi connectivity index (χ1v) is 7.63. The quantitative estimate of drug-likeness (QED) is 0.875. The van der Waals surface area contributed by atoms with Gasteiger partial charge in [-0.15, -0.1) is 0 Å². The second-order valence-corrected chi connectivity index (χ2v) is 5.85. The summed E-state index contributed by atoms with van der Waals surface area (Å²) in [5.41, 5.74) is 0.862. The van der Waals surface area contributed by atoms with Gasteiger partial charge in [-0.25, -0.2) is 4.79 Å². The number of aromatic carboxylic acids is 1. The van der Waals surface area contributed by atoms with E-state index in [1.165, 1.54) is 4.57 Å². The second-order valence-electron chi connectivity index (χ2n) is 4.45. The van der Waals surface area contributed by atoms with Crippen LogP contribution in [-0.4, -0.2) is 21.6 Å². The zero-order chi connectivity index (χ0) is 16.3. The summed E-state index contributed by atoms with van der Waals surface area (Å²) < 4.78 is 1.19. The molecular formula is C14H13ClN2O4S. The molecule has 0 radical (unpaired) electrons. The normalized spacial score (nSPS) is 10.5. The van der Waals surface area contributed by atoms with E-state index in [-0.39, 0.29) is 11.4 Å². The fourth-order valence-corrected chi connectivity index (χ4v) is 3.13. The Kier molecular flexibility index (Phi) is 4.99. The number of thiazole rings is 1. The van der Waals surface area contributed by atoms with Crippen LogP contribution in [0.3, 0.4) is 0 Å². The van der Waals surface area contributed by atoms with E-state index in [2.05, 4.69) is 5.32 Å². The first kappa shape index (κ1) is 16.3. The summed E-state index contributed by atoms with van der Waals surface area (Å²) in [6.45, 7) is 1.50. The van der Waals surface area contributed by atoms with E-state index in [4.69, 9.17) is 16.7 Å². The predicted octanol–water partition coefficient (Wildman–Crippen LogP) is 2.46. The molecule has 1 heterocycles. The molecule has 0 bridgehead atoms. The number of anilines is 1. The van der Waals surface area contributed by atoms with E-state index in [0.29, 0.717) is 34.2 Å². The molecule has 0 aliphatic heterocycles. The van der Waals surface area contributed by atoms with E-state index < -0.39 is 16.7 Å². The molecule has 2 rings (SSSR count). The molecule has 2 aromatic rings. The van der Waals surface area contributed by atoms with Crippen molar-refractivity contribution in [3.8, 4) is 0 Å². The molecule has 0 saturated carbocycles. The van der Waals surface area contributed by atoms with Crippen molar-refractivity contribution in [2.45, 2.75) is 19.9 Å². The number of carbonyl (C=O) groups is 2. The van der Waals surface area contributed by atoms with Crippen LogP contribution in [0.25, 0.3) is 0 Å². The number of carboxylic acids is 1. The Morgan fingerprint density at radius 3 is 2.73 bits per heavy atom. The highest BCUT2D eigenvalue weighted by Crippen LogP contribution is 2.16. The van der Waals surface area contributed by atoms with Gasteiger partial charge in [-0.1, -0.05) is 35.9 Å². The van der Waals surface area contributed by atoms with Crippen LogP contribution in [0.5, 0.6) is 0 Å². The van der Waals surface area contributed by atoms with E-state index in [1.807, 2.05) is 0 Å². The molecule has 0 unspecified atom stereocenters. The van der Waals surface area contributed by atoms with Crippen molar-refractivity contribution in [2.24, 2.45) is 0 Å². The summed E-state index contributed by atoms with van der Waals surface area (Å²) in [6, 6.07) is 6.62. The van der Waals surface area contributed by atoms with E-state index in [9.17, 15) is 14.4 Å². The van der Waals surface area contributed by atoms with Crippen LogP contribution >= 0.6 is 22.9 Å². The van der Waals surface area contributed by atoms with Crippen LogP contribution in [0.2, 0.25) is 5.02 Å². The average Bonchev–Trinajstić information content (AvgIpc) is 2.75. The Balaban J connectivity index is 2.22. The number of aromatic nitrogens is 1. The van der Waals surface area contributed by atoms with Crippen LogP contribution < -0.4 is 10.2 Å². The first-order chi connectivity index (χ1) is 10.4. The van der Waals surface area contributed by atoms with Gasteiger partial charge in [0.2, 0.25) is 5.91 Å². The number of rotatable bonds is 5. The number of benzene rings is 1. The van der Waals surface area contributed by atoms with Gasteiger partial charge in [-0.05, 0) is 24.6 Å². The molecule has 8 heteroatoms. The molecule has 2 N–H and O–H groups in total. The van der Waals surface area contributed by atoms with Crippen LogP contribution in [-0.2, 0) is 17.8 Å². The van der Waals surface area contributed by atoms with Gasteiger partial charge in [0.05, 0.1) is 0 Å². The topological polar surface area (TPSA) is 88.4 Å². The molecule has 1 amide bonds. The Morgan fingerprint density at radius 2 is 2.14 bits per heavy atom. The molecule has 0 atom stereocenters. The van der Waals surface area contributed by atoms with Crippen molar-refractivity contribution in [3.05, 3.63) is 49.5 Å². The highest BCUT2D eigenvalue weighted by Gasteiger charge is 2.20. The number of nitrogens with one attached hydrogen (secondary N) is 1. The fourth-order valence-electron chi connectivity index (χ4n) is 2.02. The number of carboxylic acid groups (broad SMARTS) is 1. The highest BCUT2D eigenvalue weighted by molar-refractivity contribution is 7.11. The van der Waals surface area contributed by atoms with Gasteiger partial charge < -0.3 is 10.4 Å². The molecule has 0 fully saturated rings. The van der Waals surface area contributed by atoms with Crippen LogP contribution in [0.1, 0.15) is 22.3 Å². The van der Waals surface area contributed by atoms with Crippen molar-refractivity contribution in [3.63, 3.8) is 0 Å². The molecule has 22 heavy (non-hydrogen) atoms. The van der Waals surface area contributed by atoms with E-state index in [1.54, 1.807) is 31.2 Å². The maximum Gasteiger partial charge on any atom is 0.347 e. The summed E-state index contributed by atoms with van der Waals surface area (Å²) in [6.07, 6.45) is 0.352. The molecule has 0 saturated heterocycles. The smallest absolute Gasteiger partial charge is 0.347 e. The number of halogens is 1. The zero-order valence-corrected chi connectivity index (χ0v) is 13.2. The monoisotopic (exact) mass is 340 g/mol. The average molecular weight is 341 g/mol. The molecule has 1 aromatic carbocycles. The first-order valence-electron chi connectivity index (χ1n) is 6.43. The third-order valence-corrected chi connectivity index (χ3v) is 4.18. The maximum absolute atomic E-state index is 12.0. The van der Waals surface area contributed by atoms with Crippen LogP contribution in [0, 0.1) is 0 Å². The number of amides is 1. The molecule has 0 aliphatic carbocycles.